The summed E-state index contributed by atoms with van der Waals surface area (Å²) in [6.07, 6.45) is 3.57. The Balaban J connectivity index is 1.73. The molecular weight excluding hydrogens is 348 g/mol. The molecule has 0 saturated heterocycles. The van der Waals surface area contributed by atoms with Gasteiger partial charge in [0, 0.05) is 17.1 Å². The maximum atomic E-state index is 5.72. The van der Waals surface area contributed by atoms with Gasteiger partial charge in [0.2, 0.25) is 0 Å². The number of nitrogens with two attached hydrogens (primary N) is 1. The molecule has 0 aliphatic rings. The number of fused-ring (bicyclic) bond motifs is 3. The normalized spacial score (nSPS) is 12.5. The van der Waals surface area contributed by atoms with Crippen LogP contribution >= 0.6 is 0 Å². The summed E-state index contributed by atoms with van der Waals surface area (Å²) in [7, 11) is 0. The van der Waals surface area contributed by atoms with Crippen LogP contribution in [0.5, 0.6) is 0 Å². The highest BCUT2D eigenvalue weighted by molar-refractivity contribution is 6.03. The van der Waals surface area contributed by atoms with E-state index in [9.17, 15) is 0 Å². The first-order valence-electron chi connectivity index (χ1n) is 9.11. The second-order valence-corrected chi connectivity index (χ2v) is 6.82. The van der Waals surface area contributed by atoms with Crippen LogP contribution in [0.25, 0.3) is 33.1 Å². The minimum atomic E-state index is 0.0543. The van der Waals surface area contributed by atoms with Crippen molar-refractivity contribution in [3.8, 4) is 11.1 Å². The van der Waals surface area contributed by atoms with Crippen molar-refractivity contribution in [3.05, 3.63) is 78.6 Å². The van der Waals surface area contributed by atoms with Gasteiger partial charge in [-0.1, -0.05) is 41.6 Å². The average Bonchev–Trinajstić information content (AvgIpc) is 3.19. The van der Waals surface area contributed by atoms with E-state index in [0.29, 0.717) is 5.82 Å². The van der Waals surface area contributed by atoms with E-state index in [1.165, 1.54) is 5.56 Å². The van der Waals surface area contributed by atoms with Gasteiger partial charge in [0.05, 0.1) is 17.8 Å². The summed E-state index contributed by atoms with van der Waals surface area (Å²) < 4.78 is 1.97. The van der Waals surface area contributed by atoms with Crippen molar-refractivity contribution in [1.29, 1.82) is 0 Å². The first-order valence-corrected chi connectivity index (χ1v) is 9.11. The summed E-state index contributed by atoms with van der Waals surface area (Å²) in [5, 5.41) is 9.80. The molecule has 0 bridgehead atoms. The van der Waals surface area contributed by atoms with Crippen molar-refractivity contribution in [2.45, 2.75) is 13.0 Å². The zero-order valence-corrected chi connectivity index (χ0v) is 15.3. The van der Waals surface area contributed by atoms with Crippen LogP contribution in [0, 0.1) is 0 Å². The summed E-state index contributed by atoms with van der Waals surface area (Å²) in [6, 6.07) is 20.3. The van der Waals surface area contributed by atoms with Gasteiger partial charge in [0.1, 0.15) is 16.9 Å². The lowest BCUT2D eigenvalue weighted by Gasteiger charge is -2.14. The molecule has 1 atom stereocenters. The SMILES string of the molecule is C[C@H](c1ccccc1)n1nnc2cnc3ccc(-c4ccc(N)nc4)cc3c21. The molecule has 6 heteroatoms. The van der Waals surface area contributed by atoms with Gasteiger partial charge >= 0.3 is 0 Å². The van der Waals surface area contributed by atoms with Gasteiger partial charge in [-0.15, -0.1) is 5.10 Å². The quantitative estimate of drug-likeness (QED) is 0.516. The Morgan fingerprint density at radius 2 is 1.68 bits per heavy atom. The minimum absolute atomic E-state index is 0.0543. The van der Waals surface area contributed by atoms with Crippen LogP contribution in [-0.4, -0.2) is 25.0 Å². The Morgan fingerprint density at radius 3 is 2.46 bits per heavy atom. The predicted octanol–water partition coefficient (Wildman–Crippen LogP) is 4.23. The second-order valence-electron chi connectivity index (χ2n) is 6.82. The van der Waals surface area contributed by atoms with Crippen molar-refractivity contribution in [2.75, 3.05) is 5.73 Å². The molecule has 0 amide bonds. The molecule has 0 spiro atoms. The molecule has 0 saturated carbocycles. The van der Waals surface area contributed by atoms with Crippen molar-refractivity contribution < 1.29 is 0 Å². The molecule has 3 heterocycles. The largest absolute Gasteiger partial charge is 0.384 e. The third-order valence-electron chi connectivity index (χ3n) is 5.07. The van der Waals surface area contributed by atoms with Crippen LogP contribution in [0.4, 0.5) is 5.82 Å². The molecule has 0 unspecified atom stereocenters. The molecule has 2 N–H and O–H groups in total. The maximum Gasteiger partial charge on any atom is 0.132 e. The van der Waals surface area contributed by atoms with Crippen molar-refractivity contribution in [2.24, 2.45) is 0 Å². The fraction of sp³-hybridized carbons (Fsp3) is 0.0909. The summed E-state index contributed by atoms with van der Waals surface area (Å²) >= 11 is 0. The van der Waals surface area contributed by atoms with E-state index in [1.807, 2.05) is 47.1 Å². The van der Waals surface area contributed by atoms with E-state index in [1.54, 1.807) is 12.4 Å². The lowest BCUT2D eigenvalue weighted by Crippen LogP contribution is -2.08. The number of nitrogen functional groups attached to an aromatic ring is 1. The van der Waals surface area contributed by atoms with Crippen LogP contribution in [-0.2, 0) is 0 Å². The fourth-order valence-corrected chi connectivity index (χ4v) is 3.52. The molecule has 0 radical (unpaired) electrons. The molecule has 3 aromatic heterocycles. The van der Waals surface area contributed by atoms with Crippen molar-refractivity contribution in [3.63, 3.8) is 0 Å². The third kappa shape index (κ3) is 2.66. The third-order valence-corrected chi connectivity index (χ3v) is 5.07. The number of anilines is 1. The van der Waals surface area contributed by atoms with Gasteiger partial charge < -0.3 is 5.73 Å². The number of benzene rings is 2. The number of pyridine rings is 2. The molecule has 0 fully saturated rings. The van der Waals surface area contributed by atoms with Crippen LogP contribution in [0.3, 0.4) is 0 Å². The summed E-state index contributed by atoms with van der Waals surface area (Å²) in [6.45, 7) is 2.13. The molecule has 6 nitrogen and oxygen atoms in total. The zero-order valence-electron chi connectivity index (χ0n) is 15.3. The lowest BCUT2D eigenvalue weighted by atomic mass is 10.0. The average molecular weight is 366 g/mol. The molecule has 0 aliphatic heterocycles. The molecule has 2 aromatic carbocycles. The minimum Gasteiger partial charge on any atom is -0.384 e. The van der Waals surface area contributed by atoms with Gasteiger partial charge in [-0.3, -0.25) is 4.98 Å². The number of hydrogen-bond acceptors (Lipinski definition) is 5. The summed E-state index contributed by atoms with van der Waals surface area (Å²) in [5.41, 5.74) is 11.6. The summed E-state index contributed by atoms with van der Waals surface area (Å²) in [4.78, 5) is 8.76. The van der Waals surface area contributed by atoms with Gasteiger partial charge in [-0.25, -0.2) is 9.67 Å². The highest BCUT2D eigenvalue weighted by atomic mass is 15.4. The van der Waals surface area contributed by atoms with Crippen molar-refractivity contribution in [1.82, 2.24) is 25.0 Å². The molecular formula is C22H18N6. The van der Waals surface area contributed by atoms with E-state index < -0.39 is 0 Å². The van der Waals surface area contributed by atoms with E-state index in [4.69, 9.17) is 5.73 Å². The Hall–Kier alpha value is -3.80. The second kappa shape index (κ2) is 6.42. The van der Waals surface area contributed by atoms with Crippen LogP contribution < -0.4 is 5.73 Å². The van der Waals surface area contributed by atoms with Gasteiger partial charge in [0.15, 0.2) is 0 Å². The van der Waals surface area contributed by atoms with E-state index in [0.717, 1.165) is 33.1 Å². The Kier molecular flexibility index (Phi) is 3.76. The number of aromatic nitrogens is 5. The number of rotatable bonds is 3. The molecule has 5 rings (SSSR count). The van der Waals surface area contributed by atoms with E-state index >= 15 is 0 Å². The lowest BCUT2D eigenvalue weighted by molar-refractivity contribution is 0.561. The highest BCUT2D eigenvalue weighted by Gasteiger charge is 2.16. The van der Waals surface area contributed by atoms with Gasteiger partial charge in [0.25, 0.3) is 0 Å². The molecule has 28 heavy (non-hydrogen) atoms. The predicted molar refractivity (Wildman–Crippen MR) is 111 cm³/mol. The Bertz CT molecular complexity index is 1280. The Morgan fingerprint density at radius 1 is 0.857 bits per heavy atom. The fourth-order valence-electron chi connectivity index (χ4n) is 3.52. The topological polar surface area (TPSA) is 82.5 Å². The monoisotopic (exact) mass is 366 g/mol. The van der Waals surface area contributed by atoms with Crippen molar-refractivity contribution >= 4 is 27.8 Å². The van der Waals surface area contributed by atoms with Crippen LogP contribution in [0.1, 0.15) is 18.5 Å². The highest BCUT2D eigenvalue weighted by Crippen LogP contribution is 2.30. The van der Waals surface area contributed by atoms with E-state index in [-0.39, 0.29) is 6.04 Å². The van der Waals surface area contributed by atoms with E-state index in [2.05, 4.69) is 45.4 Å². The standard InChI is InChI=1S/C22H18N6/c1-14(15-5-3-2-4-6-15)28-22-18-11-16(17-8-10-21(23)25-12-17)7-9-19(18)24-13-20(22)26-27-28/h2-14H,1H3,(H2,23,25)/t14-/m1/s1. The van der Waals surface area contributed by atoms with Gasteiger partial charge in [-0.2, -0.15) is 0 Å². The van der Waals surface area contributed by atoms with Gasteiger partial charge in [-0.05, 0) is 42.3 Å². The zero-order chi connectivity index (χ0) is 19.1. The first kappa shape index (κ1) is 16.4. The molecule has 136 valence electrons. The summed E-state index contributed by atoms with van der Waals surface area (Å²) in [5.74, 6) is 0.507. The maximum absolute atomic E-state index is 5.72. The molecule has 5 aromatic rings. The first-order chi connectivity index (χ1) is 13.7. The number of nitrogens with zero attached hydrogens (tertiary/aromatic N) is 5. The smallest absolute Gasteiger partial charge is 0.132 e. The number of hydrogen-bond donors (Lipinski definition) is 1. The van der Waals surface area contributed by atoms with Crippen LogP contribution in [0.2, 0.25) is 0 Å². The Labute approximate surface area is 161 Å². The van der Waals surface area contributed by atoms with Crippen LogP contribution in [0.15, 0.2) is 73.1 Å². The molecule has 0 aliphatic carbocycles.